The van der Waals surface area contributed by atoms with Gasteiger partial charge in [0.2, 0.25) is 10.0 Å². The first kappa shape index (κ1) is 19.8. The molecule has 1 aliphatic rings. The molecule has 4 rings (SSSR count). The van der Waals surface area contributed by atoms with Gasteiger partial charge in [-0.3, -0.25) is 9.20 Å². The van der Waals surface area contributed by atoms with E-state index in [1.165, 1.54) is 22.5 Å². The Hall–Kier alpha value is -2.46. The number of amides is 1. The third-order valence-corrected chi connectivity index (χ3v) is 6.94. The molecule has 29 heavy (non-hydrogen) atoms. The number of morpholine rings is 1. The number of aryl methyl sites for hydroxylation is 1. The Morgan fingerprint density at radius 1 is 1.21 bits per heavy atom. The van der Waals surface area contributed by atoms with E-state index in [0.29, 0.717) is 30.2 Å². The molecule has 0 bridgehead atoms. The first-order valence-corrected chi connectivity index (χ1v) is 10.8. The SMILES string of the molecule is Cc1nc2ccccn2c1C(=O)Nc1cc(S(=O)(=O)N2CCOCC2)ccc1Cl. The molecule has 0 saturated carbocycles. The molecule has 0 unspecified atom stereocenters. The molecule has 0 aliphatic carbocycles. The largest absolute Gasteiger partial charge is 0.379 e. The Morgan fingerprint density at radius 3 is 2.72 bits per heavy atom. The van der Waals surface area contributed by atoms with Crippen molar-refractivity contribution < 1.29 is 17.9 Å². The summed E-state index contributed by atoms with van der Waals surface area (Å²) >= 11 is 6.23. The molecule has 1 aliphatic heterocycles. The van der Waals surface area contributed by atoms with E-state index < -0.39 is 15.9 Å². The van der Waals surface area contributed by atoms with Gasteiger partial charge in [-0.1, -0.05) is 17.7 Å². The molecule has 8 nitrogen and oxygen atoms in total. The highest BCUT2D eigenvalue weighted by Gasteiger charge is 2.27. The van der Waals surface area contributed by atoms with Gasteiger partial charge in [0.25, 0.3) is 5.91 Å². The van der Waals surface area contributed by atoms with Gasteiger partial charge in [-0.15, -0.1) is 0 Å². The fraction of sp³-hybridized carbons (Fsp3) is 0.263. The summed E-state index contributed by atoms with van der Waals surface area (Å²) in [4.78, 5) is 17.4. The van der Waals surface area contributed by atoms with Crippen molar-refractivity contribution in [2.24, 2.45) is 0 Å². The Labute approximate surface area is 173 Å². The average molecular weight is 435 g/mol. The third kappa shape index (κ3) is 3.74. The normalized spacial score (nSPS) is 15.5. The molecular formula is C19H19ClN4O4S. The zero-order valence-corrected chi connectivity index (χ0v) is 17.2. The number of hydrogen-bond acceptors (Lipinski definition) is 5. The molecule has 1 amide bonds. The number of carbonyl (C=O) groups is 1. The number of rotatable bonds is 4. The smallest absolute Gasteiger partial charge is 0.274 e. The Balaban J connectivity index is 1.66. The maximum Gasteiger partial charge on any atom is 0.274 e. The topological polar surface area (TPSA) is 93.0 Å². The van der Waals surface area contributed by atoms with Crippen molar-refractivity contribution in [2.75, 3.05) is 31.6 Å². The number of benzene rings is 1. The molecule has 1 saturated heterocycles. The van der Waals surface area contributed by atoms with E-state index in [1.54, 1.807) is 29.7 Å². The van der Waals surface area contributed by atoms with Crippen molar-refractivity contribution >= 4 is 38.9 Å². The van der Waals surface area contributed by atoms with Crippen LogP contribution < -0.4 is 5.32 Å². The number of pyridine rings is 1. The molecule has 1 N–H and O–H groups in total. The predicted molar refractivity (Wildman–Crippen MR) is 109 cm³/mol. The lowest BCUT2D eigenvalue weighted by Gasteiger charge is -2.26. The number of aromatic nitrogens is 2. The number of sulfonamides is 1. The van der Waals surface area contributed by atoms with Gasteiger partial charge in [0.05, 0.1) is 34.5 Å². The fourth-order valence-electron chi connectivity index (χ4n) is 3.27. The van der Waals surface area contributed by atoms with Crippen LogP contribution in [0.2, 0.25) is 5.02 Å². The highest BCUT2D eigenvalue weighted by molar-refractivity contribution is 7.89. The summed E-state index contributed by atoms with van der Waals surface area (Å²) in [6.45, 7) is 3.01. The van der Waals surface area contributed by atoms with E-state index in [1.807, 2.05) is 6.07 Å². The number of hydrogen-bond donors (Lipinski definition) is 1. The number of nitrogens with one attached hydrogen (secondary N) is 1. The minimum absolute atomic E-state index is 0.0639. The van der Waals surface area contributed by atoms with Crippen molar-refractivity contribution in [3.8, 4) is 0 Å². The van der Waals surface area contributed by atoms with Crippen molar-refractivity contribution in [1.82, 2.24) is 13.7 Å². The number of halogens is 1. The van der Waals surface area contributed by atoms with Crippen molar-refractivity contribution in [3.63, 3.8) is 0 Å². The van der Waals surface area contributed by atoms with Crippen LogP contribution in [0.1, 0.15) is 16.2 Å². The predicted octanol–water partition coefficient (Wildman–Crippen LogP) is 2.57. The van der Waals surface area contributed by atoms with Crippen LogP contribution in [0.3, 0.4) is 0 Å². The monoisotopic (exact) mass is 434 g/mol. The first-order valence-electron chi connectivity index (χ1n) is 9.00. The van der Waals surface area contributed by atoms with E-state index in [4.69, 9.17) is 16.3 Å². The zero-order chi connectivity index (χ0) is 20.6. The maximum absolute atomic E-state index is 12.9. The molecule has 0 spiro atoms. The van der Waals surface area contributed by atoms with Crippen LogP contribution in [0.4, 0.5) is 5.69 Å². The van der Waals surface area contributed by atoms with E-state index in [0.717, 1.165) is 0 Å². The van der Waals surface area contributed by atoms with Crippen LogP contribution in [0.25, 0.3) is 5.65 Å². The van der Waals surface area contributed by atoms with Crippen LogP contribution in [0.15, 0.2) is 47.5 Å². The standard InChI is InChI=1S/C19H19ClN4O4S/c1-13-18(24-7-3-2-4-17(24)21-13)19(25)22-16-12-14(5-6-15(16)20)29(26,27)23-8-10-28-11-9-23/h2-7,12H,8-11H2,1H3,(H,22,25). The summed E-state index contributed by atoms with van der Waals surface area (Å²) in [6.07, 6.45) is 1.74. The lowest BCUT2D eigenvalue weighted by molar-refractivity contribution is 0.0730. The number of nitrogens with zero attached hydrogens (tertiary/aromatic N) is 3. The van der Waals surface area contributed by atoms with Gasteiger partial charge < -0.3 is 10.1 Å². The summed E-state index contributed by atoms with van der Waals surface area (Å²) in [5.74, 6) is -0.427. The third-order valence-electron chi connectivity index (χ3n) is 4.71. The van der Waals surface area contributed by atoms with Crippen molar-refractivity contribution in [3.05, 3.63) is 59.0 Å². The second-order valence-corrected chi connectivity index (χ2v) is 8.93. The highest BCUT2D eigenvalue weighted by atomic mass is 35.5. The molecule has 3 aromatic rings. The number of fused-ring (bicyclic) bond motifs is 1. The quantitative estimate of drug-likeness (QED) is 0.681. The second-order valence-electron chi connectivity index (χ2n) is 6.59. The Morgan fingerprint density at radius 2 is 1.97 bits per heavy atom. The van der Waals surface area contributed by atoms with E-state index >= 15 is 0 Å². The molecular weight excluding hydrogens is 416 g/mol. The summed E-state index contributed by atoms with van der Waals surface area (Å²) < 4.78 is 34.0. The van der Waals surface area contributed by atoms with Crippen LogP contribution in [-0.4, -0.2) is 54.3 Å². The van der Waals surface area contributed by atoms with Gasteiger partial charge in [0, 0.05) is 19.3 Å². The first-order chi connectivity index (χ1) is 13.9. The molecule has 10 heteroatoms. The average Bonchev–Trinajstić information content (AvgIpc) is 3.06. The van der Waals surface area contributed by atoms with Crippen LogP contribution >= 0.6 is 11.6 Å². The van der Waals surface area contributed by atoms with E-state index in [2.05, 4.69) is 10.3 Å². The maximum atomic E-state index is 12.9. The lowest BCUT2D eigenvalue weighted by atomic mass is 10.2. The van der Waals surface area contributed by atoms with Crippen LogP contribution in [-0.2, 0) is 14.8 Å². The van der Waals surface area contributed by atoms with E-state index in [9.17, 15) is 13.2 Å². The molecule has 1 aromatic carbocycles. The number of ether oxygens (including phenoxy) is 1. The lowest BCUT2D eigenvalue weighted by Crippen LogP contribution is -2.40. The van der Waals surface area contributed by atoms with Crippen molar-refractivity contribution in [2.45, 2.75) is 11.8 Å². The van der Waals surface area contributed by atoms with E-state index in [-0.39, 0.29) is 28.7 Å². The molecule has 1 fully saturated rings. The van der Waals surface area contributed by atoms with Gasteiger partial charge >= 0.3 is 0 Å². The number of anilines is 1. The summed E-state index contributed by atoms with van der Waals surface area (Å²) in [5, 5.41) is 2.96. The molecule has 0 radical (unpaired) electrons. The number of carbonyl (C=O) groups excluding carboxylic acids is 1. The Bertz CT molecular complexity index is 1190. The molecule has 152 valence electrons. The zero-order valence-electron chi connectivity index (χ0n) is 15.6. The Kier molecular flexibility index (Phi) is 5.30. The molecule has 0 atom stereocenters. The van der Waals surface area contributed by atoms with Crippen molar-refractivity contribution in [1.29, 1.82) is 0 Å². The van der Waals surface area contributed by atoms with Crippen LogP contribution in [0.5, 0.6) is 0 Å². The van der Waals surface area contributed by atoms with Gasteiger partial charge in [-0.25, -0.2) is 13.4 Å². The number of imidazole rings is 1. The van der Waals surface area contributed by atoms with Gasteiger partial charge in [0.1, 0.15) is 11.3 Å². The minimum Gasteiger partial charge on any atom is -0.379 e. The van der Waals surface area contributed by atoms with Gasteiger partial charge in [-0.05, 0) is 37.3 Å². The summed E-state index contributed by atoms with van der Waals surface area (Å²) in [6, 6.07) is 9.71. The highest BCUT2D eigenvalue weighted by Crippen LogP contribution is 2.28. The minimum atomic E-state index is -3.71. The summed E-state index contributed by atoms with van der Waals surface area (Å²) in [7, 11) is -3.71. The van der Waals surface area contributed by atoms with Crippen LogP contribution in [0, 0.1) is 6.92 Å². The molecule has 2 aromatic heterocycles. The summed E-state index contributed by atoms with van der Waals surface area (Å²) in [5.41, 5.74) is 1.78. The molecule has 3 heterocycles. The van der Waals surface area contributed by atoms with Gasteiger partial charge in [-0.2, -0.15) is 4.31 Å². The van der Waals surface area contributed by atoms with Gasteiger partial charge in [0.15, 0.2) is 0 Å². The second kappa shape index (κ2) is 7.75. The fourth-order valence-corrected chi connectivity index (χ4v) is 4.86.